The molecule has 0 spiro atoms. The zero-order chi connectivity index (χ0) is 15.5. The van der Waals surface area contributed by atoms with E-state index in [1.165, 1.54) is 0 Å². The third kappa shape index (κ3) is 4.31. The van der Waals surface area contributed by atoms with Crippen molar-refractivity contribution in [2.45, 2.75) is 13.3 Å². The molecule has 0 saturated carbocycles. The van der Waals surface area contributed by atoms with Crippen LogP contribution in [0.1, 0.15) is 17.5 Å². The Kier molecular flexibility index (Phi) is 4.66. The maximum Gasteiger partial charge on any atom is 0.228 e. The lowest BCUT2D eigenvalue weighted by Crippen LogP contribution is -2.23. The molecule has 0 bridgehead atoms. The Balaban J connectivity index is 2.12. The van der Waals surface area contributed by atoms with E-state index in [0.29, 0.717) is 12.1 Å². The van der Waals surface area contributed by atoms with Gasteiger partial charge in [0.2, 0.25) is 5.91 Å². The van der Waals surface area contributed by atoms with Gasteiger partial charge < -0.3 is 11.1 Å². The molecular weight excluding hydrogens is 288 g/mol. The molecule has 21 heavy (non-hydrogen) atoms. The van der Waals surface area contributed by atoms with E-state index in [1.54, 1.807) is 6.07 Å². The van der Waals surface area contributed by atoms with Gasteiger partial charge in [-0.25, -0.2) is 8.42 Å². The highest BCUT2D eigenvalue weighted by atomic mass is 32.2. The highest BCUT2D eigenvalue weighted by Crippen LogP contribution is 2.21. The number of carbonyl (C=O) groups excluding carboxylic acids is 1. The van der Waals surface area contributed by atoms with E-state index in [-0.39, 0.29) is 24.0 Å². The summed E-state index contributed by atoms with van der Waals surface area (Å²) in [6, 6.07) is 5.49. The van der Waals surface area contributed by atoms with Gasteiger partial charge in [0.25, 0.3) is 0 Å². The van der Waals surface area contributed by atoms with Crippen molar-refractivity contribution in [3.8, 4) is 11.8 Å². The number of nitrogens with one attached hydrogen (secondary N) is 1. The van der Waals surface area contributed by atoms with Crippen LogP contribution in [0.5, 0.6) is 0 Å². The predicted octanol–water partition coefficient (Wildman–Crippen LogP) is 0.678. The van der Waals surface area contributed by atoms with Crippen LogP contribution in [0.15, 0.2) is 18.2 Å². The molecule has 1 fully saturated rings. The molecule has 1 amide bonds. The predicted molar refractivity (Wildman–Crippen MR) is 82.5 cm³/mol. The molecular formula is C15H18N2O3S. The first kappa shape index (κ1) is 15.5. The minimum absolute atomic E-state index is 0.0650. The normalized spacial score (nSPS) is 19.6. The van der Waals surface area contributed by atoms with Gasteiger partial charge in [0.05, 0.1) is 24.0 Å². The summed E-state index contributed by atoms with van der Waals surface area (Å²) >= 11 is 0. The van der Waals surface area contributed by atoms with Crippen molar-refractivity contribution in [3.63, 3.8) is 0 Å². The van der Waals surface area contributed by atoms with Gasteiger partial charge in [0, 0.05) is 11.3 Å². The number of amides is 1. The van der Waals surface area contributed by atoms with Gasteiger partial charge in [-0.2, -0.15) is 0 Å². The Morgan fingerprint density at radius 3 is 2.81 bits per heavy atom. The summed E-state index contributed by atoms with van der Waals surface area (Å²) in [4.78, 5) is 12.1. The van der Waals surface area contributed by atoms with Crippen molar-refractivity contribution in [1.29, 1.82) is 0 Å². The number of rotatable bonds is 2. The number of hydrogen-bond acceptors (Lipinski definition) is 4. The molecule has 1 heterocycles. The summed E-state index contributed by atoms with van der Waals surface area (Å²) in [6.45, 7) is 2.18. The summed E-state index contributed by atoms with van der Waals surface area (Å²) in [5.74, 6) is 4.99. The fraction of sp³-hybridized carbons (Fsp3) is 0.400. The lowest BCUT2D eigenvalue weighted by atomic mass is 10.1. The van der Waals surface area contributed by atoms with Gasteiger partial charge in [-0.1, -0.05) is 11.8 Å². The van der Waals surface area contributed by atoms with Gasteiger partial charge in [-0.15, -0.1) is 0 Å². The number of benzene rings is 1. The van der Waals surface area contributed by atoms with Crippen molar-refractivity contribution in [1.82, 2.24) is 0 Å². The van der Waals surface area contributed by atoms with Crippen molar-refractivity contribution < 1.29 is 13.2 Å². The van der Waals surface area contributed by atoms with E-state index in [0.717, 1.165) is 11.1 Å². The molecule has 1 aliphatic heterocycles. The maximum absolute atomic E-state index is 12.1. The van der Waals surface area contributed by atoms with E-state index in [4.69, 9.17) is 5.73 Å². The fourth-order valence-electron chi connectivity index (χ4n) is 2.33. The monoisotopic (exact) mass is 306 g/mol. The van der Waals surface area contributed by atoms with Gasteiger partial charge in [0.15, 0.2) is 9.84 Å². The van der Waals surface area contributed by atoms with Crippen LogP contribution < -0.4 is 11.1 Å². The first-order chi connectivity index (χ1) is 9.89. The summed E-state index contributed by atoms with van der Waals surface area (Å²) in [5, 5.41) is 2.78. The Hall–Kier alpha value is -1.84. The second-order valence-electron chi connectivity index (χ2n) is 5.18. The highest BCUT2D eigenvalue weighted by Gasteiger charge is 2.32. The summed E-state index contributed by atoms with van der Waals surface area (Å²) < 4.78 is 22.8. The minimum Gasteiger partial charge on any atom is -0.326 e. The van der Waals surface area contributed by atoms with Crippen LogP contribution in [-0.2, 0) is 14.6 Å². The number of hydrogen-bond donors (Lipinski definition) is 2. The van der Waals surface area contributed by atoms with Crippen LogP contribution >= 0.6 is 0 Å². The van der Waals surface area contributed by atoms with Gasteiger partial charge >= 0.3 is 0 Å². The highest BCUT2D eigenvalue weighted by molar-refractivity contribution is 7.91. The second-order valence-corrected chi connectivity index (χ2v) is 7.41. The first-order valence-electron chi connectivity index (χ1n) is 6.71. The Morgan fingerprint density at radius 1 is 1.43 bits per heavy atom. The van der Waals surface area contributed by atoms with E-state index < -0.39 is 15.8 Å². The van der Waals surface area contributed by atoms with E-state index in [9.17, 15) is 13.2 Å². The second kappa shape index (κ2) is 6.29. The Labute approximate surface area is 124 Å². The standard InChI is InChI=1S/C15H18N2O3S/c1-11-7-12(3-2-5-16)9-14(8-11)17-15(18)13-4-6-21(19,20)10-13/h7-9,13H,4-6,10,16H2,1H3,(H,17,18). The minimum atomic E-state index is -3.06. The summed E-state index contributed by atoms with van der Waals surface area (Å²) in [7, 11) is -3.06. The number of carbonyl (C=O) groups is 1. The molecule has 1 aromatic carbocycles. The molecule has 5 nitrogen and oxygen atoms in total. The number of sulfone groups is 1. The molecule has 1 atom stereocenters. The molecule has 1 aliphatic rings. The summed E-state index contributed by atoms with van der Waals surface area (Å²) in [5.41, 5.74) is 7.71. The zero-order valence-corrected chi connectivity index (χ0v) is 12.7. The topological polar surface area (TPSA) is 89.3 Å². The van der Waals surface area contributed by atoms with Crippen LogP contribution in [0, 0.1) is 24.7 Å². The molecule has 6 heteroatoms. The fourth-order valence-corrected chi connectivity index (χ4v) is 4.07. The molecule has 112 valence electrons. The SMILES string of the molecule is Cc1cc(C#CCN)cc(NC(=O)C2CCS(=O)(=O)C2)c1. The lowest BCUT2D eigenvalue weighted by molar-refractivity contribution is -0.119. The summed E-state index contributed by atoms with van der Waals surface area (Å²) in [6.07, 6.45) is 0.389. The molecule has 0 aromatic heterocycles. The van der Waals surface area contributed by atoms with Crippen molar-refractivity contribution in [2.75, 3.05) is 23.4 Å². The van der Waals surface area contributed by atoms with Crippen molar-refractivity contribution in [3.05, 3.63) is 29.3 Å². The van der Waals surface area contributed by atoms with Crippen molar-refractivity contribution >= 4 is 21.4 Å². The van der Waals surface area contributed by atoms with Gasteiger partial charge in [-0.05, 0) is 37.1 Å². The number of aryl methyl sites for hydroxylation is 1. The molecule has 0 aliphatic carbocycles. The van der Waals surface area contributed by atoms with Crippen molar-refractivity contribution in [2.24, 2.45) is 11.7 Å². The van der Waals surface area contributed by atoms with E-state index in [1.807, 2.05) is 19.1 Å². The largest absolute Gasteiger partial charge is 0.326 e. The van der Waals surface area contributed by atoms with Crippen LogP contribution in [0.2, 0.25) is 0 Å². The van der Waals surface area contributed by atoms with Crippen LogP contribution in [-0.4, -0.2) is 32.4 Å². The van der Waals surface area contributed by atoms with E-state index in [2.05, 4.69) is 17.2 Å². The third-order valence-electron chi connectivity index (χ3n) is 3.28. The third-order valence-corrected chi connectivity index (χ3v) is 5.05. The molecule has 2 rings (SSSR count). The lowest BCUT2D eigenvalue weighted by Gasteiger charge is -2.10. The zero-order valence-electron chi connectivity index (χ0n) is 11.8. The molecule has 3 N–H and O–H groups in total. The van der Waals surface area contributed by atoms with Gasteiger partial charge in [0.1, 0.15) is 0 Å². The smallest absolute Gasteiger partial charge is 0.228 e. The van der Waals surface area contributed by atoms with Gasteiger partial charge in [-0.3, -0.25) is 4.79 Å². The number of nitrogens with two attached hydrogens (primary N) is 1. The average Bonchev–Trinajstić information content (AvgIpc) is 2.76. The Bertz CT molecular complexity index is 714. The molecule has 1 unspecified atom stereocenters. The quantitative estimate of drug-likeness (QED) is 0.786. The maximum atomic E-state index is 12.1. The van der Waals surface area contributed by atoms with Crippen LogP contribution in [0.3, 0.4) is 0 Å². The number of anilines is 1. The Morgan fingerprint density at radius 2 is 2.19 bits per heavy atom. The molecule has 1 saturated heterocycles. The van der Waals surface area contributed by atoms with Crippen LogP contribution in [0.25, 0.3) is 0 Å². The molecule has 0 radical (unpaired) electrons. The first-order valence-corrected chi connectivity index (χ1v) is 8.54. The van der Waals surface area contributed by atoms with Crippen LogP contribution in [0.4, 0.5) is 5.69 Å². The van der Waals surface area contributed by atoms with E-state index >= 15 is 0 Å². The average molecular weight is 306 g/mol. The molecule has 1 aromatic rings.